The molecule has 0 bridgehead atoms. The number of primary amides is 1. The normalized spacial score (nSPS) is 11.3. The molecule has 0 saturated carbocycles. The molecule has 0 spiro atoms. The first-order chi connectivity index (χ1) is 8.99. The highest BCUT2D eigenvalue weighted by molar-refractivity contribution is 5.78. The molecular formula is C10H22N4O5. The van der Waals surface area contributed by atoms with Crippen LogP contribution in [0.4, 0.5) is 0 Å². The van der Waals surface area contributed by atoms with E-state index in [0.717, 1.165) is 0 Å². The lowest BCUT2D eigenvalue weighted by Crippen LogP contribution is -2.59. The summed E-state index contributed by atoms with van der Waals surface area (Å²) in [6, 6.07) is 0. The Hall–Kier alpha value is -1.26. The molecule has 0 aliphatic rings. The predicted octanol–water partition coefficient (Wildman–Crippen LogP) is -2.08. The number of nitrogens with one attached hydrogen (secondary N) is 1. The van der Waals surface area contributed by atoms with Crippen LogP contribution in [0.25, 0.3) is 0 Å². The first-order valence-electron chi connectivity index (χ1n) is 5.71. The van der Waals surface area contributed by atoms with Crippen LogP contribution in [0.2, 0.25) is 0 Å². The van der Waals surface area contributed by atoms with Crippen LogP contribution >= 0.6 is 0 Å². The quantitative estimate of drug-likeness (QED) is 0.316. The Kier molecular flexibility index (Phi) is 9.00. The molecule has 0 atom stereocenters. The van der Waals surface area contributed by atoms with Crippen molar-refractivity contribution in [3.8, 4) is 0 Å². The van der Waals surface area contributed by atoms with Gasteiger partial charge in [0.2, 0.25) is 11.8 Å². The Morgan fingerprint density at radius 1 is 1.11 bits per heavy atom. The van der Waals surface area contributed by atoms with Crippen LogP contribution in [0.5, 0.6) is 0 Å². The SMILES string of the molecule is COCC(CON)(CON)NC(=O)CCCC(N)=O. The molecular weight excluding hydrogens is 256 g/mol. The van der Waals surface area contributed by atoms with E-state index >= 15 is 0 Å². The van der Waals surface area contributed by atoms with Crippen LogP contribution in [0.1, 0.15) is 19.3 Å². The molecule has 9 nitrogen and oxygen atoms in total. The summed E-state index contributed by atoms with van der Waals surface area (Å²) >= 11 is 0. The average molecular weight is 278 g/mol. The summed E-state index contributed by atoms with van der Waals surface area (Å²) in [4.78, 5) is 31.4. The summed E-state index contributed by atoms with van der Waals surface area (Å²) < 4.78 is 5.00. The lowest BCUT2D eigenvalue weighted by Gasteiger charge is -2.32. The van der Waals surface area contributed by atoms with Crippen LogP contribution in [-0.2, 0) is 24.0 Å². The van der Waals surface area contributed by atoms with Crippen LogP contribution in [0, 0.1) is 0 Å². The molecule has 2 amide bonds. The fourth-order valence-electron chi connectivity index (χ4n) is 1.61. The predicted molar refractivity (Wildman–Crippen MR) is 66.1 cm³/mol. The van der Waals surface area contributed by atoms with Gasteiger partial charge in [-0.25, -0.2) is 11.8 Å². The first-order valence-corrected chi connectivity index (χ1v) is 5.71. The summed E-state index contributed by atoms with van der Waals surface area (Å²) in [6.45, 7) is 0.0577. The summed E-state index contributed by atoms with van der Waals surface area (Å²) in [5.41, 5.74) is 4.02. The van der Waals surface area contributed by atoms with Crippen molar-refractivity contribution in [2.24, 2.45) is 17.5 Å². The van der Waals surface area contributed by atoms with E-state index in [2.05, 4.69) is 15.0 Å². The molecule has 0 unspecified atom stereocenters. The van der Waals surface area contributed by atoms with E-state index in [0.29, 0.717) is 6.42 Å². The number of methoxy groups -OCH3 is 1. The number of nitrogens with two attached hydrogens (primary N) is 3. The second-order valence-corrected chi connectivity index (χ2v) is 4.20. The Balaban J connectivity index is 4.42. The Labute approximate surface area is 111 Å². The molecule has 0 aromatic carbocycles. The van der Waals surface area contributed by atoms with Crippen LogP contribution in [0.3, 0.4) is 0 Å². The number of carbonyl (C=O) groups is 2. The Morgan fingerprint density at radius 3 is 2.11 bits per heavy atom. The summed E-state index contributed by atoms with van der Waals surface area (Å²) in [5, 5.41) is 2.68. The van der Waals surface area contributed by atoms with E-state index < -0.39 is 11.4 Å². The van der Waals surface area contributed by atoms with Gasteiger partial charge < -0.3 is 25.5 Å². The topological polar surface area (TPSA) is 152 Å². The van der Waals surface area contributed by atoms with Crippen molar-refractivity contribution >= 4 is 11.8 Å². The van der Waals surface area contributed by atoms with Crippen molar-refractivity contribution in [2.75, 3.05) is 26.9 Å². The molecule has 0 aliphatic heterocycles. The molecule has 0 aliphatic carbocycles. The number of amides is 2. The van der Waals surface area contributed by atoms with Gasteiger partial charge in [-0.05, 0) is 6.42 Å². The number of rotatable bonds is 11. The second-order valence-electron chi connectivity index (χ2n) is 4.20. The molecule has 0 saturated heterocycles. The van der Waals surface area contributed by atoms with Gasteiger partial charge in [0, 0.05) is 20.0 Å². The zero-order valence-corrected chi connectivity index (χ0v) is 11.0. The third kappa shape index (κ3) is 7.70. The number of hydrogen-bond donors (Lipinski definition) is 4. The molecule has 0 rings (SSSR count). The van der Waals surface area contributed by atoms with Crippen molar-refractivity contribution in [1.82, 2.24) is 5.32 Å². The van der Waals surface area contributed by atoms with Crippen LogP contribution in [0.15, 0.2) is 0 Å². The summed E-state index contributed by atoms with van der Waals surface area (Å²) in [5.74, 6) is 9.30. The van der Waals surface area contributed by atoms with Gasteiger partial charge in [-0.1, -0.05) is 0 Å². The smallest absolute Gasteiger partial charge is 0.220 e. The van der Waals surface area contributed by atoms with Crippen LogP contribution in [-0.4, -0.2) is 44.3 Å². The zero-order chi connectivity index (χ0) is 14.7. The zero-order valence-electron chi connectivity index (χ0n) is 11.0. The molecule has 7 N–H and O–H groups in total. The molecule has 19 heavy (non-hydrogen) atoms. The molecule has 0 radical (unpaired) electrons. The fraction of sp³-hybridized carbons (Fsp3) is 0.800. The number of hydrogen-bond acceptors (Lipinski definition) is 7. The van der Waals surface area contributed by atoms with Crippen molar-refractivity contribution in [3.05, 3.63) is 0 Å². The lowest BCUT2D eigenvalue weighted by atomic mass is 10.0. The number of carbonyl (C=O) groups excluding carboxylic acids is 2. The van der Waals surface area contributed by atoms with Crippen molar-refractivity contribution in [1.29, 1.82) is 0 Å². The minimum atomic E-state index is -0.970. The highest BCUT2D eigenvalue weighted by Gasteiger charge is 2.33. The van der Waals surface area contributed by atoms with Gasteiger partial charge in [0.05, 0.1) is 19.8 Å². The molecule has 0 heterocycles. The largest absolute Gasteiger partial charge is 0.382 e. The monoisotopic (exact) mass is 278 g/mol. The van der Waals surface area contributed by atoms with Crippen molar-refractivity contribution in [2.45, 2.75) is 24.8 Å². The Bertz CT molecular complexity index is 270. The molecule has 9 heteroatoms. The average Bonchev–Trinajstić information content (AvgIpc) is 2.29. The van der Waals surface area contributed by atoms with Gasteiger partial charge in [-0.2, -0.15) is 0 Å². The molecule has 0 fully saturated rings. The highest BCUT2D eigenvalue weighted by Crippen LogP contribution is 2.08. The number of ether oxygens (including phenoxy) is 1. The van der Waals surface area contributed by atoms with E-state index in [1.807, 2.05) is 0 Å². The van der Waals surface area contributed by atoms with E-state index in [1.165, 1.54) is 7.11 Å². The maximum Gasteiger partial charge on any atom is 0.220 e. The van der Waals surface area contributed by atoms with Crippen LogP contribution < -0.4 is 22.8 Å². The third-order valence-electron chi connectivity index (χ3n) is 2.37. The summed E-state index contributed by atoms with van der Waals surface area (Å²) in [7, 11) is 1.46. The third-order valence-corrected chi connectivity index (χ3v) is 2.37. The van der Waals surface area contributed by atoms with E-state index in [4.69, 9.17) is 22.3 Å². The molecule has 0 aromatic rings. The van der Waals surface area contributed by atoms with Gasteiger partial charge in [0.1, 0.15) is 5.54 Å². The van der Waals surface area contributed by atoms with E-state index in [1.54, 1.807) is 0 Å². The molecule has 112 valence electrons. The summed E-state index contributed by atoms with van der Waals surface area (Å²) in [6.07, 6.45) is 0.645. The highest BCUT2D eigenvalue weighted by atomic mass is 16.6. The van der Waals surface area contributed by atoms with Gasteiger partial charge in [-0.15, -0.1) is 0 Å². The first kappa shape index (κ1) is 17.7. The van der Waals surface area contributed by atoms with E-state index in [-0.39, 0.29) is 38.6 Å². The molecule has 0 aromatic heterocycles. The van der Waals surface area contributed by atoms with Gasteiger partial charge in [-0.3, -0.25) is 9.59 Å². The minimum Gasteiger partial charge on any atom is -0.382 e. The maximum absolute atomic E-state index is 11.8. The van der Waals surface area contributed by atoms with Gasteiger partial charge >= 0.3 is 0 Å². The standard InChI is InChI=1S/C10H22N4O5/c1-17-5-10(6-18-12,7-19-13)14-9(16)4-2-3-8(11)15/h2-7,12-13H2,1H3,(H2,11,15)(H,14,16). The van der Waals surface area contributed by atoms with Crippen molar-refractivity contribution < 1.29 is 24.0 Å². The van der Waals surface area contributed by atoms with Gasteiger partial charge in [0.15, 0.2) is 0 Å². The minimum absolute atomic E-state index is 0.0282. The van der Waals surface area contributed by atoms with Crippen molar-refractivity contribution in [3.63, 3.8) is 0 Å². The Morgan fingerprint density at radius 2 is 1.68 bits per heavy atom. The fourth-order valence-corrected chi connectivity index (χ4v) is 1.61. The van der Waals surface area contributed by atoms with E-state index in [9.17, 15) is 9.59 Å². The lowest BCUT2D eigenvalue weighted by molar-refractivity contribution is -0.127. The van der Waals surface area contributed by atoms with Gasteiger partial charge in [0.25, 0.3) is 0 Å². The maximum atomic E-state index is 11.8. The second kappa shape index (κ2) is 9.64.